The Morgan fingerprint density at radius 3 is 0.500 bits per heavy atom. The van der Waals surface area contributed by atoms with Crippen molar-refractivity contribution in [3.8, 4) is 0 Å². The van der Waals surface area contributed by atoms with Crippen molar-refractivity contribution >= 4 is 89.8 Å². The third-order valence-corrected chi connectivity index (χ3v) is 12.1. The van der Waals surface area contributed by atoms with Crippen molar-refractivity contribution in [3.63, 3.8) is 0 Å². The highest BCUT2D eigenvalue weighted by Gasteiger charge is 2.26. The number of anilines is 12. The van der Waals surface area contributed by atoms with E-state index in [9.17, 15) is 0 Å². The van der Waals surface area contributed by atoms with Crippen molar-refractivity contribution in [2.45, 2.75) is 0 Å². The van der Waals surface area contributed by atoms with Gasteiger partial charge in [0.05, 0.1) is 11.4 Å². The normalized spacial score (nSPS) is 11.0. The largest absolute Gasteiger partial charge is 0.311 e. The third kappa shape index (κ3) is 7.67. The molecule has 0 amide bonds. The molecule has 0 unspecified atom stereocenters. The van der Waals surface area contributed by atoms with Gasteiger partial charge in [-0.3, -0.25) is 0 Å². The van der Waals surface area contributed by atoms with Crippen LogP contribution in [0.15, 0.2) is 279 Å². The molecule has 0 saturated heterocycles. The molecule has 0 bridgehead atoms. The molecule has 0 heterocycles. The highest BCUT2D eigenvalue weighted by atomic mass is 15.2. The summed E-state index contributed by atoms with van der Waals surface area (Å²) in [5, 5.41) is 4.58. The van der Waals surface area contributed by atoms with Gasteiger partial charge in [-0.25, -0.2) is 0 Å². The van der Waals surface area contributed by atoms with Gasteiger partial charge >= 0.3 is 0 Å². The monoisotopic (exact) mass is 846 g/mol. The Kier molecular flexibility index (Phi) is 10.9. The summed E-state index contributed by atoms with van der Waals surface area (Å²) in [7, 11) is 0. The Labute approximate surface area is 386 Å². The van der Waals surface area contributed by atoms with E-state index in [0.29, 0.717) is 0 Å². The van der Waals surface area contributed by atoms with Gasteiger partial charge in [-0.15, -0.1) is 0 Å². The predicted octanol–water partition coefficient (Wildman–Crippen LogP) is 17.9. The topological polar surface area (TPSA) is 13.0 Å². The third-order valence-electron chi connectivity index (χ3n) is 12.1. The standard InChI is InChI=1S/C62H46N4/c1-7-23-47(24-8-1)63(48-25-9-2-10-26-48)53-39-43-55(44-40-53)66(56-45-41-54(42-46-56)64(49-27-11-3-12-28-49)50-29-13-4-14-30-50)62-59-37-21-19-35-57(59)61(58-36-20-22-38-60(58)62)65(51-31-15-5-16-32-51)52-33-17-6-18-34-52/h1-46H. The summed E-state index contributed by atoms with van der Waals surface area (Å²) in [4.78, 5) is 9.48. The summed E-state index contributed by atoms with van der Waals surface area (Å²) < 4.78 is 0. The smallest absolute Gasteiger partial charge is 0.0619 e. The van der Waals surface area contributed by atoms with Gasteiger partial charge in [0.1, 0.15) is 0 Å². The van der Waals surface area contributed by atoms with Crippen molar-refractivity contribution in [1.29, 1.82) is 0 Å². The van der Waals surface area contributed by atoms with E-state index in [-0.39, 0.29) is 0 Å². The molecular formula is C62H46N4. The van der Waals surface area contributed by atoms with E-state index in [1.807, 2.05) is 0 Å². The minimum absolute atomic E-state index is 1.04. The van der Waals surface area contributed by atoms with Gasteiger partial charge in [-0.05, 0) is 121 Å². The number of para-hydroxylation sites is 6. The van der Waals surface area contributed by atoms with Crippen LogP contribution in [-0.4, -0.2) is 0 Å². The van der Waals surface area contributed by atoms with Gasteiger partial charge < -0.3 is 19.6 Å². The average molecular weight is 847 g/mol. The van der Waals surface area contributed by atoms with Crippen LogP contribution in [0.5, 0.6) is 0 Å². The van der Waals surface area contributed by atoms with Crippen LogP contribution in [0.2, 0.25) is 0 Å². The number of rotatable bonds is 12. The van der Waals surface area contributed by atoms with Crippen LogP contribution in [0.3, 0.4) is 0 Å². The maximum Gasteiger partial charge on any atom is 0.0619 e. The molecule has 4 nitrogen and oxygen atoms in total. The molecule has 0 radical (unpaired) electrons. The first-order valence-electron chi connectivity index (χ1n) is 22.4. The first kappa shape index (κ1) is 40.0. The molecule has 11 aromatic carbocycles. The second kappa shape index (κ2) is 18.1. The Morgan fingerprint density at radius 2 is 0.288 bits per heavy atom. The number of benzene rings is 11. The molecule has 314 valence electrons. The van der Waals surface area contributed by atoms with E-state index in [4.69, 9.17) is 0 Å². The fourth-order valence-electron chi connectivity index (χ4n) is 9.24. The second-order valence-electron chi connectivity index (χ2n) is 16.2. The average Bonchev–Trinajstić information content (AvgIpc) is 3.40. The Balaban J connectivity index is 1.14. The minimum Gasteiger partial charge on any atom is -0.311 e. The van der Waals surface area contributed by atoms with Gasteiger partial charge in [0.2, 0.25) is 0 Å². The summed E-state index contributed by atoms with van der Waals surface area (Å²) in [6.45, 7) is 0. The number of fused-ring (bicyclic) bond motifs is 2. The van der Waals surface area contributed by atoms with E-state index in [2.05, 4.69) is 299 Å². The van der Waals surface area contributed by atoms with Gasteiger partial charge in [0, 0.05) is 78.4 Å². The maximum atomic E-state index is 2.45. The molecule has 66 heavy (non-hydrogen) atoms. The van der Waals surface area contributed by atoms with Crippen LogP contribution in [0.25, 0.3) is 21.5 Å². The molecule has 0 saturated carbocycles. The fraction of sp³-hybridized carbons (Fsp3) is 0. The van der Waals surface area contributed by atoms with E-state index in [1.54, 1.807) is 0 Å². The molecule has 0 aliphatic heterocycles. The van der Waals surface area contributed by atoms with Gasteiger partial charge in [-0.1, -0.05) is 158 Å². The predicted molar refractivity (Wildman–Crippen MR) is 280 cm³/mol. The zero-order valence-electron chi connectivity index (χ0n) is 36.3. The highest BCUT2D eigenvalue weighted by Crippen LogP contribution is 2.51. The van der Waals surface area contributed by atoms with Crippen molar-refractivity contribution in [3.05, 3.63) is 279 Å². The molecule has 4 heteroatoms. The minimum atomic E-state index is 1.04. The van der Waals surface area contributed by atoms with E-state index >= 15 is 0 Å². The lowest BCUT2D eigenvalue weighted by molar-refractivity contribution is 1.25. The summed E-state index contributed by atoms with van der Waals surface area (Å²) in [6.07, 6.45) is 0. The Morgan fingerprint density at radius 1 is 0.136 bits per heavy atom. The molecule has 0 aliphatic carbocycles. The van der Waals surface area contributed by atoms with Gasteiger partial charge in [0.15, 0.2) is 0 Å². The van der Waals surface area contributed by atoms with Crippen molar-refractivity contribution in [1.82, 2.24) is 0 Å². The van der Waals surface area contributed by atoms with Crippen LogP contribution in [0.1, 0.15) is 0 Å². The molecular weight excluding hydrogens is 801 g/mol. The second-order valence-corrected chi connectivity index (χ2v) is 16.2. The van der Waals surface area contributed by atoms with E-state index < -0.39 is 0 Å². The highest BCUT2D eigenvalue weighted by molar-refractivity contribution is 6.23. The molecule has 0 aliphatic rings. The lowest BCUT2D eigenvalue weighted by Gasteiger charge is -2.33. The molecule has 0 atom stereocenters. The summed E-state index contributed by atoms with van der Waals surface area (Å²) in [5.41, 5.74) is 13.0. The molecule has 0 spiro atoms. The maximum absolute atomic E-state index is 2.45. The zero-order chi connectivity index (χ0) is 44.1. The van der Waals surface area contributed by atoms with Crippen LogP contribution < -0.4 is 19.6 Å². The fourth-order valence-corrected chi connectivity index (χ4v) is 9.24. The lowest BCUT2D eigenvalue weighted by atomic mass is 9.95. The van der Waals surface area contributed by atoms with Crippen LogP contribution in [0, 0.1) is 0 Å². The first-order valence-corrected chi connectivity index (χ1v) is 22.4. The Hall–Kier alpha value is -8.86. The number of hydrogen-bond acceptors (Lipinski definition) is 4. The summed E-state index contributed by atoms with van der Waals surface area (Å²) in [6, 6.07) is 99.6. The Bertz CT molecular complexity index is 3030. The van der Waals surface area contributed by atoms with E-state index in [0.717, 1.165) is 89.8 Å². The molecule has 11 aromatic rings. The van der Waals surface area contributed by atoms with Crippen molar-refractivity contribution < 1.29 is 0 Å². The molecule has 0 N–H and O–H groups in total. The van der Waals surface area contributed by atoms with Gasteiger partial charge in [-0.2, -0.15) is 0 Å². The molecule has 11 rings (SSSR count). The van der Waals surface area contributed by atoms with Crippen molar-refractivity contribution in [2.75, 3.05) is 19.6 Å². The molecule has 0 aromatic heterocycles. The molecule has 0 fully saturated rings. The SMILES string of the molecule is c1ccc(N(c2ccccc2)c2ccc(N(c3ccc(N(c4ccccc4)c4ccccc4)cc3)c3c4ccccc4c(N(c4ccccc4)c4ccccc4)c4ccccc34)cc2)cc1. The van der Waals surface area contributed by atoms with E-state index in [1.165, 1.54) is 0 Å². The first-order chi connectivity index (χ1) is 32.8. The quantitative estimate of drug-likeness (QED) is 0.0897. The van der Waals surface area contributed by atoms with Gasteiger partial charge in [0.25, 0.3) is 0 Å². The van der Waals surface area contributed by atoms with Crippen LogP contribution in [-0.2, 0) is 0 Å². The summed E-state index contributed by atoms with van der Waals surface area (Å²) in [5.74, 6) is 0. The van der Waals surface area contributed by atoms with Crippen molar-refractivity contribution in [2.24, 2.45) is 0 Å². The van der Waals surface area contributed by atoms with Crippen LogP contribution in [0.4, 0.5) is 68.2 Å². The zero-order valence-corrected chi connectivity index (χ0v) is 36.3. The number of nitrogens with zero attached hydrogens (tertiary/aromatic N) is 4. The van der Waals surface area contributed by atoms with Crippen LogP contribution >= 0.6 is 0 Å². The number of hydrogen-bond donors (Lipinski definition) is 0. The summed E-state index contributed by atoms with van der Waals surface area (Å²) >= 11 is 0. The lowest BCUT2D eigenvalue weighted by Crippen LogP contribution is -2.15.